The minimum Gasteiger partial charge on any atom is -0.385 e. The van der Waals surface area contributed by atoms with Gasteiger partial charge in [0.05, 0.1) is 5.60 Å². The first-order valence-electron chi connectivity index (χ1n) is 5.89. The zero-order valence-corrected chi connectivity index (χ0v) is 9.63. The summed E-state index contributed by atoms with van der Waals surface area (Å²) in [5.41, 5.74) is 0.462. The lowest BCUT2D eigenvalue weighted by Gasteiger charge is -2.34. The van der Waals surface area contributed by atoms with E-state index in [0.717, 1.165) is 12.8 Å². The third-order valence-corrected chi connectivity index (χ3v) is 3.15. The van der Waals surface area contributed by atoms with Crippen molar-refractivity contribution in [3.05, 3.63) is 60.2 Å². The second kappa shape index (κ2) is 4.67. The summed E-state index contributed by atoms with van der Waals surface area (Å²) in [7, 11) is 0. The summed E-state index contributed by atoms with van der Waals surface area (Å²) in [6, 6.07) is 10.2. The topological polar surface area (TPSA) is 20.2 Å². The maximum absolute atomic E-state index is 10.6. The molecule has 2 rings (SSSR count). The Morgan fingerprint density at radius 1 is 1.19 bits per heavy atom. The Morgan fingerprint density at radius 3 is 2.62 bits per heavy atom. The summed E-state index contributed by atoms with van der Waals surface area (Å²) in [4.78, 5) is 0. The lowest BCUT2D eigenvalue weighted by Crippen LogP contribution is -2.34. The monoisotopic (exact) mass is 214 g/mol. The van der Waals surface area contributed by atoms with Crippen LogP contribution in [0.5, 0.6) is 0 Å². The van der Waals surface area contributed by atoms with Gasteiger partial charge in [-0.1, -0.05) is 68.0 Å². The van der Waals surface area contributed by atoms with Gasteiger partial charge in [0.1, 0.15) is 0 Å². The number of hydrogen-bond acceptors (Lipinski definition) is 1. The average Bonchev–Trinajstić information content (AvgIpc) is 2.31. The van der Waals surface area contributed by atoms with Crippen LogP contribution in [0.25, 0.3) is 0 Å². The lowest BCUT2D eigenvalue weighted by molar-refractivity contribution is 0.0644. The smallest absolute Gasteiger partial charge is 0.0933 e. The van der Waals surface area contributed by atoms with Gasteiger partial charge < -0.3 is 5.11 Å². The number of allylic oxidation sites excluding steroid dienone is 2. The second-order valence-electron chi connectivity index (χ2n) is 4.37. The van der Waals surface area contributed by atoms with E-state index in [-0.39, 0.29) is 5.92 Å². The summed E-state index contributed by atoms with van der Waals surface area (Å²) >= 11 is 0. The fraction of sp³-hybridized carbons (Fsp3) is 0.333. The van der Waals surface area contributed by atoms with E-state index in [1.807, 2.05) is 36.4 Å². The van der Waals surface area contributed by atoms with Crippen LogP contribution in [0.15, 0.2) is 54.6 Å². The third-order valence-electron chi connectivity index (χ3n) is 3.15. The molecule has 2 unspecified atom stereocenters. The van der Waals surface area contributed by atoms with E-state index in [1.54, 1.807) is 0 Å². The highest BCUT2D eigenvalue weighted by Crippen LogP contribution is 2.36. The Hall–Kier alpha value is -1.34. The molecule has 0 saturated heterocycles. The van der Waals surface area contributed by atoms with E-state index < -0.39 is 5.60 Å². The minimum atomic E-state index is -0.717. The predicted molar refractivity (Wildman–Crippen MR) is 67.3 cm³/mol. The molecule has 1 aliphatic rings. The lowest BCUT2D eigenvalue weighted by atomic mass is 9.77. The van der Waals surface area contributed by atoms with Crippen molar-refractivity contribution in [3.8, 4) is 0 Å². The Bertz CT molecular complexity index is 391. The average molecular weight is 214 g/mol. The van der Waals surface area contributed by atoms with Gasteiger partial charge in [-0.15, -0.1) is 0 Å². The summed E-state index contributed by atoms with van der Waals surface area (Å²) in [5.74, 6) is 0.0821. The van der Waals surface area contributed by atoms with Crippen molar-refractivity contribution < 1.29 is 5.11 Å². The van der Waals surface area contributed by atoms with Crippen LogP contribution >= 0.6 is 0 Å². The second-order valence-corrected chi connectivity index (χ2v) is 4.37. The largest absolute Gasteiger partial charge is 0.385 e. The fourth-order valence-corrected chi connectivity index (χ4v) is 2.37. The minimum absolute atomic E-state index is 0.0821. The molecule has 0 aliphatic heterocycles. The Labute approximate surface area is 97.1 Å². The molecule has 1 heteroatoms. The maximum atomic E-state index is 10.6. The van der Waals surface area contributed by atoms with Gasteiger partial charge in [0.15, 0.2) is 0 Å². The standard InChI is InChI=1S/C15H18O/c1-2-11-15(16)12-7-6-10-14(15)13-8-4-3-5-9-13/h3-10,12,14,16H,2,11H2,1H3. The van der Waals surface area contributed by atoms with Gasteiger partial charge in [0.25, 0.3) is 0 Å². The molecule has 84 valence electrons. The quantitative estimate of drug-likeness (QED) is 0.817. The van der Waals surface area contributed by atoms with Gasteiger partial charge in [0.2, 0.25) is 0 Å². The van der Waals surface area contributed by atoms with E-state index in [2.05, 4.69) is 25.1 Å². The van der Waals surface area contributed by atoms with Crippen molar-refractivity contribution in [2.75, 3.05) is 0 Å². The van der Waals surface area contributed by atoms with Gasteiger partial charge in [-0.2, -0.15) is 0 Å². The molecule has 1 nitrogen and oxygen atoms in total. The summed E-state index contributed by atoms with van der Waals surface area (Å²) in [6.07, 6.45) is 9.75. The first-order valence-corrected chi connectivity index (χ1v) is 5.89. The molecule has 1 aliphatic carbocycles. The zero-order valence-electron chi connectivity index (χ0n) is 9.63. The van der Waals surface area contributed by atoms with Gasteiger partial charge in [-0.05, 0) is 12.0 Å². The van der Waals surface area contributed by atoms with Crippen LogP contribution in [0.3, 0.4) is 0 Å². The molecule has 1 aromatic rings. The van der Waals surface area contributed by atoms with Crippen LogP contribution in [-0.2, 0) is 0 Å². The van der Waals surface area contributed by atoms with Crippen molar-refractivity contribution in [2.45, 2.75) is 31.3 Å². The van der Waals surface area contributed by atoms with E-state index >= 15 is 0 Å². The molecule has 0 radical (unpaired) electrons. The number of rotatable bonds is 3. The van der Waals surface area contributed by atoms with Gasteiger partial charge in [-0.25, -0.2) is 0 Å². The molecule has 16 heavy (non-hydrogen) atoms. The van der Waals surface area contributed by atoms with Crippen molar-refractivity contribution in [2.24, 2.45) is 0 Å². The van der Waals surface area contributed by atoms with Crippen molar-refractivity contribution in [1.82, 2.24) is 0 Å². The van der Waals surface area contributed by atoms with Gasteiger partial charge in [-0.3, -0.25) is 0 Å². The van der Waals surface area contributed by atoms with Crippen molar-refractivity contribution in [3.63, 3.8) is 0 Å². The zero-order chi connectivity index (χ0) is 11.4. The summed E-state index contributed by atoms with van der Waals surface area (Å²) in [5, 5.41) is 10.6. The fourth-order valence-electron chi connectivity index (χ4n) is 2.37. The van der Waals surface area contributed by atoms with E-state index in [9.17, 15) is 5.11 Å². The summed E-state index contributed by atoms with van der Waals surface area (Å²) in [6.45, 7) is 2.10. The SMILES string of the molecule is CCCC1(O)C=CC=CC1c1ccccc1. The van der Waals surface area contributed by atoms with Crippen molar-refractivity contribution in [1.29, 1.82) is 0 Å². The predicted octanol–water partition coefficient (Wildman–Crippen LogP) is 3.43. The van der Waals surface area contributed by atoms with E-state index in [0.29, 0.717) is 0 Å². The molecule has 0 bridgehead atoms. The molecule has 0 fully saturated rings. The first-order chi connectivity index (χ1) is 7.76. The van der Waals surface area contributed by atoms with Gasteiger partial charge >= 0.3 is 0 Å². The van der Waals surface area contributed by atoms with Crippen LogP contribution in [-0.4, -0.2) is 10.7 Å². The molecule has 0 spiro atoms. The third kappa shape index (κ3) is 2.10. The van der Waals surface area contributed by atoms with Crippen LogP contribution in [0.1, 0.15) is 31.2 Å². The molecule has 0 aromatic heterocycles. The molecular weight excluding hydrogens is 196 g/mol. The molecule has 0 amide bonds. The van der Waals surface area contributed by atoms with Crippen LogP contribution in [0.2, 0.25) is 0 Å². The molecule has 1 aromatic carbocycles. The molecule has 0 saturated carbocycles. The van der Waals surface area contributed by atoms with Crippen LogP contribution < -0.4 is 0 Å². The Morgan fingerprint density at radius 2 is 1.94 bits per heavy atom. The van der Waals surface area contributed by atoms with Crippen LogP contribution in [0, 0.1) is 0 Å². The maximum Gasteiger partial charge on any atom is 0.0933 e. The molecule has 0 heterocycles. The van der Waals surface area contributed by atoms with Crippen molar-refractivity contribution >= 4 is 0 Å². The molecule has 2 atom stereocenters. The highest BCUT2D eigenvalue weighted by molar-refractivity contribution is 5.35. The first kappa shape index (κ1) is 11.2. The molecular formula is C15H18O. The Kier molecular flexibility index (Phi) is 3.25. The normalized spacial score (nSPS) is 28.2. The van der Waals surface area contributed by atoms with E-state index in [4.69, 9.17) is 0 Å². The highest BCUT2D eigenvalue weighted by Gasteiger charge is 2.33. The van der Waals surface area contributed by atoms with Crippen LogP contribution in [0.4, 0.5) is 0 Å². The number of hydrogen-bond donors (Lipinski definition) is 1. The number of aliphatic hydroxyl groups is 1. The molecule has 1 N–H and O–H groups in total. The van der Waals surface area contributed by atoms with E-state index in [1.165, 1.54) is 5.56 Å². The van der Waals surface area contributed by atoms with Gasteiger partial charge in [0, 0.05) is 5.92 Å². The number of benzene rings is 1. The summed E-state index contributed by atoms with van der Waals surface area (Å²) < 4.78 is 0. The highest BCUT2D eigenvalue weighted by atomic mass is 16.3. The Balaban J connectivity index is 2.32.